The molecule has 0 aromatic heterocycles. The van der Waals surface area contributed by atoms with Crippen molar-refractivity contribution in [3.8, 4) is 5.75 Å². The summed E-state index contributed by atoms with van der Waals surface area (Å²) in [6.07, 6.45) is 1.79. The molecule has 4 nitrogen and oxygen atoms in total. The fourth-order valence-corrected chi connectivity index (χ4v) is 3.21. The molecule has 0 atom stereocenters. The number of nitrogens with zero attached hydrogens (tertiary/aromatic N) is 1. The Labute approximate surface area is 169 Å². The zero-order valence-electron chi connectivity index (χ0n) is 15.0. The van der Waals surface area contributed by atoms with E-state index in [1.165, 1.54) is 4.90 Å². The second-order valence-corrected chi connectivity index (χ2v) is 6.69. The molecular weight excluding hydrogens is 368 g/mol. The van der Waals surface area contributed by atoms with Gasteiger partial charge in [-0.15, -0.1) is 0 Å². The van der Waals surface area contributed by atoms with Crippen LogP contribution in [0.4, 0.5) is 5.69 Å². The molecule has 1 aliphatic heterocycles. The molecule has 0 radical (unpaired) electrons. The molecule has 0 spiro atoms. The van der Waals surface area contributed by atoms with E-state index >= 15 is 0 Å². The number of hydrogen-bond donors (Lipinski definition) is 1. The molecule has 0 saturated carbocycles. The number of carbonyl (C=O) groups is 1. The molecule has 138 valence electrons. The van der Waals surface area contributed by atoms with Crippen LogP contribution >= 0.6 is 12.2 Å². The molecule has 3 aromatic carbocycles. The standard InChI is InChI=1S/C23H18N2O2S/c26-22-21(24-23(28)25(22)19-9-5-2-6-10-19)15-17-11-13-20(14-12-17)27-16-18-7-3-1-4-8-18/h1-15H,16H2,(H,24,28). The number of rotatable bonds is 5. The minimum Gasteiger partial charge on any atom is -0.489 e. The molecule has 3 aromatic rings. The lowest BCUT2D eigenvalue weighted by molar-refractivity contribution is -0.113. The van der Waals surface area contributed by atoms with Gasteiger partial charge in [-0.2, -0.15) is 0 Å². The Hall–Kier alpha value is -3.44. The van der Waals surface area contributed by atoms with E-state index in [2.05, 4.69) is 5.32 Å². The fourth-order valence-electron chi connectivity index (χ4n) is 2.91. The maximum Gasteiger partial charge on any atom is 0.281 e. The fraction of sp³-hybridized carbons (Fsp3) is 0.0435. The number of amides is 1. The van der Waals surface area contributed by atoms with E-state index < -0.39 is 0 Å². The second kappa shape index (κ2) is 8.06. The lowest BCUT2D eigenvalue weighted by atomic mass is 10.2. The quantitative estimate of drug-likeness (QED) is 0.517. The number of hydrogen-bond acceptors (Lipinski definition) is 3. The second-order valence-electron chi connectivity index (χ2n) is 6.31. The third kappa shape index (κ3) is 3.94. The summed E-state index contributed by atoms with van der Waals surface area (Å²) in [5.41, 5.74) is 3.20. The van der Waals surface area contributed by atoms with E-state index in [9.17, 15) is 4.79 Å². The molecule has 1 aliphatic rings. The van der Waals surface area contributed by atoms with E-state index in [-0.39, 0.29) is 5.91 Å². The van der Waals surface area contributed by atoms with E-state index in [0.29, 0.717) is 17.4 Å². The summed E-state index contributed by atoms with van der Waals surface area (Å²) in [6.45, 7) is 0.515. The van der Waals surface area contributed by atoms with Gasteiger partial charge in [0.15, 0.2) is 5.11 Å². The normalized spacial score (nSPS) is 15.0. The predicted molar refractivity (Wildman–Crippen MR) is 115 cm³/mol. The topological polar surface area (TPSA) is 41.6 Å². The minimum atomic E-state index is -0.166. The van der Waals surface area contributed by atoms with Crippen LogP contribution in [0.3, 0.4) is 0 Å². The molecule has 1 fully saturated rings. The molecule has 4 rings (SSSR count). The van der Waals surface area contributed by atoms with Gasteiger partial charge in [0.05, 0.1) is 5.69 Å². The Balaban J connectivity index is 1.45. The maximum absolute atomic E-state index is 12.7. The van der Waals surface area contributed by atoms with E-state index in [1.807, 2.05) is 84.9 Å². The van der Waals surface area contributed by atoms with Crippen LogP contribution in [-0.4, -0.2) is 11.0 Å². The van der Waals surface area contributed by atoms with Crippen LogP contribution in [0.5, 0.6) is 5.75 Å². The number of para-hydroxylation sites is 1. The molecule has 0 unspecified atom stereocenters. The lowest BCUT2D eigenvalue weighted by Gasteiger charge is -2.13. The molecule has 5 heteroatoms. The van der Waals surface area contributed by atoms with Gasteiger partial charge in [0, 0.05) is 0 Å². The first-order chi connectivity index (χ1) is 13.7. The van der Waals surface area contributed by atoms with E-state index in [4.69, 9.17) is 17.0 Å². The summed E-state index contributed by atoms with van der Waals surface area (Å²) < 4.78 is 5.80. The van der Waals surface area contributed by atoms with Crippen molar-refractivity contribution < 1.29 is 9.53 Å². The van der Waals surface area contributed by atoms with Crippen LogP contribution in [0.25, 0.3) is 6.08 Å². The summed E-state index contributed by atoms with van der Waals surface area (Å²) >= 11 is 5.33. The molecule has 1 heterocycles. The highest BCUT2D eigenvalue weighted by atomic mass is 32.1. The van der Waals surface area contributed by atoms with Gasteiger partial charge >= 0.3 is 0 Å². The van der Waals surface area contributed by atoms with Gasteiger partial charge in [0.1, 0.15) is 18.1 Å². The number of anilines is 1. The van der Waals surface area contributed by atoms with E-state index in [1.54, 1.807) is 6.08 Å². The first-order valence-electron chi connectivity index (χ1n) is 8.90. The number of thiocarbonyl (C=S) groups is 1. The van der Waals surface area contributed by atoms with Gasteiger partial charge in [-0.1, -0.05) is 60.7 Å². The third-order valence-electron chi connectivity index (χ3n) is 4.33. The molecule has 0 bridgehead atoms. The summed E-state index contributed by atoms with van der Waals surface area (Å²) in [4.78, 5) is 14.2. The Kier molecular flexibility index (Phi) is 5.17. The predicted octanol–water partition coefficient (Wildman–Crippen LogP) is 4.53. The molecule has 0 aliphatic carbocycles. The van der Waals surface area contributed by atoms with Crippen LogP contribution in [0.1, 0.15) is 11.1 Å². The van der Waals surface area contributed by atoms with Crippen LogP contribution in [0.2, 0.25) is 0 Å². The van der Waals surface area contributed by atoms with Crippen molar-refractivity contribution in [2.24, 2.45) is 0 Å². The van der Waals surface area contributed by atoms with Crippen LogP contribution in [0.15, 0.2) is 90.6 Å². The highest BCUT2D eigenvalue weighted by molar-refractivity contribution is 7.80. The first kappa shape index (κ1) is 17.9. The minimum absolute atomic E-state index is 0.166. The highest BCUT2D eigenvalue weighted by Crippen LogP contribution is 2.23. The van der Waals surface area contributed by atoms with Gasteiger partial charge in [0.2, 0.25) is 0 Å². The SMILES string of the molecule is O=C1C(=Cc2ccc(OCc3ccccc3)cc2)NC(=S)N1c1ccccc1. The number of benzene rings is 3. The zero-order chi connectivity index (χ0) is 19.3. The molecule has 1 N–H and O–H groups in total. The Morgan fingerprint density at radius 1 is 0.893 bits per heavy atom. The largest absolute Gasteiger partial charge is 0.489 e. The average Bonchev–Trinajstić information content (AvgIpc) is 3.02. The van der Waals surface area contributed by atoms with Gasteiger partial charge in [-0.3, -0.25) is 9.69 Å². The van der Waals surface area contributed by atoms with Crippen LogP contribution in [-0.2, 0) is 11.4 Å². The van der Waals surface area contributed by atoms with Crippen molar-refractivity contribution in [2.75, 3.05) is 4.90 Å². The molecular formula is C23H18N2O2S. The van der Waals surface area contributed by atoms with Gasteiger partial charge in [0.25, 0.3) is 5.91 Å². The number of ether oxygens (including phenoxy) is 1. The average molecular weight is 386 g/mol. The van der Waals surface area contributed by atoms with Crippen LogP contribution in [0, 0.1) is 0 Å². The lowest BCUT2D eigenvalue weighted by Crippen LogP contribution is -2.30. The van der Waals surface area contributed by atoms with Gasteiger partial charge in [-0.05, 0) is 53.7 Å². The van der Waals surface area contributed by atoms with Crippen molar-refractivity contribution in [1.29, 1.82) is 0 Å². The van der Waals surface area contributed by atoms with Crippen molar-refractivity contribution in [1.82, 2.24) is 5.32 Å². The van der Waals surface area contributed by atoms with Crippen molar-refractivity contribution >= 4 is 35.0 Å². The molecule has 28 heavy (non-hydrogen) atoms. The Bertz CT molecular complexity index is 1020. The highest BCUT2D eigenvalue weighted by Gasteiger charge is 2.31. The van der Waals surface area contributed by atoms with Gasteiger partial charge in [-0.25, -0.2) is 0 Å². The van der Waals surface area contributed by atoms with Crippen molar-refractivity contribution in [3.05, 3.63) is 102 Å². The van der Waals surface area contributed by atoms with Gasteiger partial charge < -0.3 is 10.1 Å². The monoisotopic (exact) mass is 386 g/mol. The smallest absolute Gasteiger partial charge is 0.281 e. The third-order valence-corrected chi connectivity index (χ3v) is 4.62. The van der Waals surface area contributed by atoms with Crippen molar-refractivity contribution in [3.63, 3.8) is 0 Å². The summed E-state index contributed by atoms with van der Waals surface area (Å²) in [5, 5.41) is 3.38. The van der Waals surface area contributed by atoms with Crippen LogP contribution < -0.4 is 15.0 Å². The molecule has 1 amide bonds. The van der Waals surface area contributed by atoms with Crippen molar-refractivity contribution in [2.45, 2.75) is 6.61 Å². The summed E-state index contributed by atoms with van der Waals surface area (Å²) in [7, 11) is 0. The zero-order valence-corrected chi connectivity index (χ0v) is 15.9. The summed E-state index contributed by atoms with van der Waals surface area (Å²) in [6, 6.07) is 27.0. The summed E-state index contributed by atoms with van der Waals surface area (Å²) in [5.74, 6) is 0.610. The Morgan fingerprint density at radius 3 is 2.21 bits per heavy atom. The van der Waals surface area contributed by atoms with E-state index in [0.717, 1.165) is 22.6 Å². The molecule has 1 saturated heterocycles. The maximum atomic E-state index is 12.7. The Morgan fingerprint density at radius 2 is 1.54 bits per heavy atom. The first-order valence-corrected chi connectivity index (χ1v) is 9.30. The number of nitrogens with one attached hydrogen (secondary N) is 1. The number of carbonyl (C=O) groups excluding carboxylic acids is 1.